The minimum Gasteiger partial charge on any atom is -0.346 e. The van der Waals surface area contributed by atoms with Crippen molar-refractivity contribution in [1.29, 1.82) is 0 Å². The van der Waals surface area contributed by atoms with Crippen molar-refractivity contribution in [2.45, 2.75) is 38.6 Å². The fraction of sp³-hybridized carbons (Fsp3) is 0.600. The zero-order chi connectivity index (χ0) is 10.6. The van der Waals surface area contributed by atoms with Crippen LogP contribution in [0.1, 0.15) is 31.3 Å². The Morgan fingerprint density at radius 3 is 2.86 bits per heavy atom. The molecule has 78 valence electrons. The van der Waals surface area contributed by atoms with Gasteiger partial charge in [0.1, 0.15) is 12.1 Å². The number of aromatic nitrogens is 2. The van der Waals surface area contributed by atoms with Gasteiger partial charge in [0.15, 0.2) is 0 Å². The number of aldehydes is 1. The topological polar surface area (TPSA) is 71.8 Å². The van der Waals surface area contributed by atoms with Crippen LogP contribution >= 0.6 is 0 Å². The van der Waals surface area contributed by atoms with E-state index in [1.165, 1.54) is 0 Å². The third-order valence-corrected chi connectivity index (χ3v) is 2.23. The fourth-order valence-corrected chi connectivity index (χ4v) is 1.57. The third kappa shape index (κ3) is 2.67. The van der Waals surface area contributed by atoms with Crippen molar-refractivity contribution in [2.75, 3.05) is 0 Å². The number of carbonyl (C=O) groups is 1. The Bertz CT molecular complexity index is 308. The molecule has 4 heteroatoms. The molecule has 1 heterocycles. The lowest BCUT2D eigenvalue weighted by Gasteiger charge is -2.21. The maximum Gasteiger partial charge on any atom is 0.140 e. The molecule has 0 aliphatic rings. The van der Waals surface area contributed by atoms with Crippen LogP contribution in [0.5, 0.6) is 0 Å². The largest absolute Gasteiger partial charge is 0.346 e. The van der Waals surface area contributed by atoms with Crippen molar-refractivity contribution in [3.05, 3.63) is 17.7 Å². The van der Waals surface area contributed by atoms with Gasteiger partial charge in [0.05, 0.1) is 5.54 Å². The molecule has 0 amide bonds. The van der Waals surface area contributed by atoms with Crippen molar-refractivity contribution >= 4 is 6.29 Å². The Morgan fingerprint density at radius 2 is 2.43 bits per heavy atom. The van der Waals surface area contributed by atoms with Gasteiger partial charge in [-0.3, -0.25) is 0 Å². The van der Waals surface area contributed by atoms with Crippen molar-refractivity contribution < 1.29 is 4.79 Å². The number of hydrogen-bond donors (Lipinski definition) is 2. The highest BCUT2D eigenvalue weighted by atomic mass is 16.1. The summed E-state index contributed by atoms with van der Waals surface area (Å²) in [4.78, 5) is 18.0. The zero-order valence-electron chi connectivity index (χ0n) is 8.71. The molecule has 1 aromatic rings. The molecular weight excluding hydrogens is 178 g/mol. The summed E-state index contributed by atoms with van der Waals surface area (Å²) in [5, 5.41) is 0. The Labute approximate surface area is 83.9 Å². The van der Waals surface area contributed by atoms with Crippen LogP contribution < -0.4 is 5.73 Å². The molecule has 1 aromatic heterocycles. The second kappa shape index (κ2) is 4.37. The van der Waals surface area contributed by atoms with E-state index in [0.29, 0.717) is 12.8 Å². The van der Waals surface area contributed by atoms with Gasteiger partial charge in [0, 0.05) is 18.3 Å². The molecule has 1 atom stereocenters. The van der Waals surface area contributed by atoms with E-state index < -0.39 is 5.54 Å². The van der Waals surface area contributed by atoms with Crippen LogP contribution in [-0.2, 0) is 11.2 Å². The van der Waals surface area contributed by atoms with Gasteiger partial charge in [0.25, 0.3) is 0 Å². The molecule has 0 saturated carbocycles. The Balaban J connectivity index is 2.69. The van der Waals surface area contributed by atoms with Gasteiger partial charge in [-0.15, -0.1) is 0 Å². The highest BCUT2D eigenvalue weighted by Crippen LogP contribution is 2.13. The van der Waals surface area contributed by atoms with Gasteiger partial charge in [-0.25, -0.2) is 4.98 Å². The minimum atomic E-state index is -0.742. The normalized spacial score (nSPS) is 15.1. The van der Waals surface area contributed by atoms with Crippen LogP contribution in [0.15, 0.2) is 6.20 Å². The molecule has 1 rings (SSSR count). The molecule has 0 fully saturated rings. The lowest BCUT2D eigenvalue weighted by atomic mass is 9.91. The summed E-state index contributed by atoms with van der Waals surface area (Å²) in [6.07, 6.45) is 4.71. The minimum absolute atomic E-state index is 0.533. The van der Waals surface area contributed by atoms with Crippen molar-refractivity contribution in [1.82, 2.24) is 9.97 Å². The van der Waals surface area contributed by atoms with Crippen LogP contribution in [0.25, 0.3) is 0 Å². The average molecular weight is 195 g/mol. The van der Waals surface area contributed by atoms with Crippen LogP contribution in [0.2, 0.25) is 0 Å². The number of H-pyrrole nitrogens is 1. The van der Waals surface area contributed by atoms with Gasteiger partial charge in [-0.1, -0.05) is 13.3 Å². The number of aromatic amines is 1. The molecule has 0 aliphatic carbocycles. The number of rotatable bonds is 5. The highest BCUT2D eigenvalue weighted by molar-refractivity contribution is 5.64. The molecule has 14 heavy (non-hydrogen) atoms. The van der Waals surface area contributed by atoms with E-state index in [9.17, 15) is 4.79 Å². The molecular formula is C10H17N3O. The summed E-state index contributed by atoms with van der Waals surface area (Å²) in [5.74, 6) is 0.852. The first-order chi connectivity index (χ1) is 6.59. The van der Waals surface area contributed by atoms with Gasteiger partial charge < -0.3 is 15.5 Å². The van der Waals surface area contributed by atoms with Gasteiger partial charge in [-0.05, 0) is 13.3 Å². The Hall–Kier alpha value is -1.16. The van der Waals surface area contributed by atoms with Crippen LogP contribution in [0.4, 0.5) is 0 Å². The van der Waals surface area contributed by atoms with Gasteiger partial charge in [0.2, 0.25) is 0 Å². The van der Waals surface area contributed by atoms with E-state index in [4.69, 9.17) is 5.73 Å². The van der Waals surface area contributed by atoms with Crippen LogP contribution in [0.3, 0.4) is 0 Å². The summed E-state index contributed by atoms with van der Waals surface area (Å²) >= 11 is 0. The predicted octanol–water partition coefficient (Wildman–Crippen LogP) is 0.957. The quantitative estimate of drug-likeness (QED) is 0.687. The Morgan fingerprint density at radius 1 is 1.71 bits per heavy atom. The molecule has 1 unspecified atom stereocenters. The lowest BCUT2D eigenvalue weighted by molar-refractivity contribution is -0.112. The number of nitrogens with zero attached hydrogens (tertiary/aromatic N) is 1. The van der Waals surface area contributed by atoms with E-state index >= 15 is 0 Å². The smallest absolute Gasteiger partial charge is 0.140 e. The first-order valence-corrected chi connectivity index (χ1v) is 4.85. The van der Waals surface area contributed by atoms with Crippen molar-refractivity contribution in [3.8, 4) is 0 Å². The number of imidazole rings is 1. The number of aryl methyl sites for hydroxylation is 1. The zero-order valence-corrected chi connectivity index (χ0v) is 8.71. The highest BCUT2D eigenvalue weighted by Gasteiger charge is 2.24. The first-order valence-electron chi connectivity index (χ1n) is 4.85. The second-order valence-electron chi connectivity index (χ2n) is 3.77. The summed E-state index contributed by atoms with van der Waals surface area (Å²) in [5.41, 5.74) is 6.11. The van der Waals surface area contributed by atoms with E-state index in [2.05, 4.69) is 9.97 Å². The number of hydrogen-bond acceptors (Lipinski definition) is 3. The van der Waals surface area contributed by atoms with Gasteiger partial charge in [-0.2, -0.15) is 0 Å². The summed E-state index contributed by atoms with van der Waals surface area (Å²) in [6.45, 7) is 3.89. The monoisotopic (exact) mass is 195 g/mol. The number of nitrogens with two attached hydrogens (primary N) is 1. The SMILES string of the molecule is CCCC(N)(C=O)Cc1cnc(C)[nH]1. The third-order valence-electron chi connectivity index (χ3n) is 2.23. The molecule has 4 nitrogen and oxygen atoms in total. The fourth-order valence-electron chi connectivity index (χ4n) is 1.57. The standard InChI is InChI=1S/C10H17N3O/c1-3-4-10(11,7-14)5-9-6-12-8(2)13-9/h6-7H,3-5,11H2,1-2H3,(H,12,13). The summed E-state index contributed by atoms with van der Waals surface area (Å²) in [6, 6.07) is 0. The van der Waals surface area contributed by atoms with E-state index in [-0.39, 0.29) is 0 Å². The van der Waals surface area contributed by atoms with Crippen LogP contribution in [-0.4, -0.2) is 21.8 Å². The summed E-state index contributed by atoms with van der Waals surface area (Å²) < 4.78 is 0. The average Bonchev–Trinajstić information content (AvgIpc) is 2.51. The first kappa shape index (κ1) is 10.9. The maximum atomic E-state index is 10.9. The lowest BCUT2D eigenvalue weighted by Crippen LogP contribution is -2.43. The molecule has 3 N–H and O–H groups in total. The molecule has 0 aromatic carbocycles. The number of nitrogens with one attached hydrogen (secondary N) is 1. The predicted molar refractivity (Wildman–Crippen MR) is 54.9 cm³/mol. The van der Waals surface area contributed by atoms with E-state index in [1.54, 1.807) is 6.20 Å². The van der Waals surface area contributed by atoms with Crippen molar-refractivity contribution in [3.63, 3.8) is 0 Å². The van der Waals surface area contributed by atoms with Gasteiger partial charge >= 0.3 is 0 Å². The molecule has 0 aliphatic heterocycles. The van der Waals surface area contributed by atoms with Crippen molar-refractivity contribution in [2.24, 2.45) is 5.73 Å². The molecule has 0 spiro atoms. The molecule has 0 bridgehead atoms. The van der Waals surface area contributed by atoms with Crippen LogP contribution in [0, 0.1) is 6.92 Å². The second-order valence-corrected chi connectivity index (χ2v) is 3.77. The Kier molecular flexibility index (Phi) is 3.41. The van der Waals surface area contributed by atoms with E-state index in [1.807, 2.05) is 13.8 Å². The molecule has 0 radical (unpaired) electrons. The van der Waals surface area contributed by atoms with E-state index in [0.717, 1.165) is 24.2 Å². The summed E-state index contributed by atoms with van der Waals surface area (Å²) in [7, 11) is 0. The molecule has 0 saturated heterocycles. The number of carbonyl (C=O) groups excluding carboxylic acids is 1. The maximum absolute atomic E-state index is 10.9.